The molecule has 2 atom stereocenters. The molecule has 2 aliphatic heterocycles. The fourth-order valence-corrected chi connectivity index (χ4v) is 7.56. The SMILES string of the molecule is COc1cc(/C=C/c2cccc(-c3cccc(-c4nc5cc(CN6CC[C@@H](C(=O)O)C6)cc(C#N)c5o4)c3F)c2C)c(C(F)(F)F)cc1CN1CC[C@@H](O)C1. The minimum atomic E-state index is -4.65. The molecular formula is C42H38F4N4O5. The molecule has 2 fully saturated rings. The summed E-state index contributed by atoms with van der Waals surface area (Å²) < 4.78 is 71.1. The molecular weight excluding hydrogens is 716 g/mol. The molecule has 1 aromatic heterocycles. The second-order valence-electron chi connectivity index (χ2n) is 14.1. The summed E-state index contributed by atoms with van der Waals surface area (Å²) in [6.45, 7) is 4.35. The van der Waals surface area contributed by atoms with E-state index in [0.717, 1.165) is 11.6 Å². The maximum Gasteiger partial charge on any atom is 0.417 e. The van der Waals surface area contributed by atoms with Gasteiger partial charge in [-0.2, -0.15) is 18.4 Å². The van der Waals surface area contributed by atoms with Gasteiger partial charge >= 0.3 is 12.1 Å². The van der Waals surface area contributed by atoms with E-state index in [1.807, 2.05) is 9.80 Å². The Morgan fingerprint density at radius 3 is 2.40 bits per heavy atom. The third kappa shape index (κ3) is 7.84. The van der Waals surface area contributed by atoms with Gasteiger partial charge in [-0.1, -0.05) is 42.5 Å². The second-order valence-corrected chi connectivity index (χ2v) is 14.1. The summed E-state index contributed by atoms with van der Waals surface area (Å²) in [7, 11) is 1.41. The van der Waals surface area contributed by atoms with E-state index in [-0.39, 0.29) is 40.3 Å². The van der Waals surface area contributed by atoms with Crippen LogP contribution in [0.4, 0.5) is 17.6 Å². The van der Waals surface area contributed by atoms with Crippen molar-refractivity contribution in [1.82, 2.24) is 14.8 Å². The molecule has 9 nitrogen and oxygen atoms in total. The van der Waals surface area contributed by atoms with Crippen molar-refractivity contribution >= 4 is 29.2 Å². The number of nitrogens with zero attached hydrogens (tertiary/aromatic N) is 4. The first-order valence-electron chi connectivity index (χ1n) is 17.9. The van der Waals surface area contributed by atoms with Crippen LogP contribution in [0.3, 0.4) is 0 Å². The zero-order valence-electron chi connectivity index (χ0n) is 30.2. The van der Waals surface area contributed by atoms with Crippen LogP contribution in [0, 0.1) is 30.0 Å². The number of carboxylic acid groups (broad SMARTS) is 1. The molecule has 2 saturated heterocycles. The summed E-state index contributed by atoms with van der Waals surface area (Å²) in [5.41, 5.74) is 3.01. The van der Waals surface area contributed by atoms with Crippen molar-refractivity contribution in [3.05, 3.63) is 105 Å². The number of halogens is 4. The molecule has 7 rings (SSSR count). The van der Waals surface area contributed by atoms with Crippen LogP contribution in [0.25, 0.3) is 45.8 Å². The highest BCUT2D eigenvalue weighted by Crippen LogP contribution is 2.39. The van der Waals surface area contributed by atoms with Crippen molar-refractivity contribution in [3.63, 3.8) is 0 Å². The number of likely N-dealkylation sites (tertiary alicyclic amines) is 2. The Labute approximate surface area is 314 Å². The van der Waals surface area contributed by atoms with E-state index in [0.29, 0.717) is 79.1 Å². The molecule has 13 heteroatoms. The number of β-amino-alcohol motifs (C(OH)–C–C–N with tert-alkyl or cyclic N) is 1. The molecule has 0 unspecified atom stereocenters. The van der Waals surface area contributed by atoms with Gasteiger partial charge in [0.1, 0.15) is 23.2 Å². The van der Waals surface area contributed by atoms with Gasteiger partial charge in [0, 0.05) is 43.9 Å². The lowest BCUT2D eigenvalue weighted by Gasteiger charge is -2.20. The smallest absolute Gasteiger partial charge is 0.417 e. The van der Waals surface area contributed by atoms with Crippen molar-refractivity contribution in [2.45, 2.75) is 45.1 Å². The number of carbonyl (C=O) groups is 1. The van der Waals surface area contributed by atoms with Crippen molar-refractivity contribution in [2.24, 2.45) is 5.92 Å². The number of carboxylic acids is 1. The summed E-state index contributed by atoms with van der Waals surface area (Å²) >= 11 is 0. The average Bonchev–Trinajstić information content (AvgIpc) is 3.91. The minimum absolute atomic E-state index is 0.0261. The maximum atomic E-state index is 16.4. The van der Waals surface area contributed by atoms with E-state index in [1.165, 1.54) is 25.3 Å². The number of aliphatic hydroxyl groups is 1. The van der Waals surface area contributed by atoms with Crippen LogP contribution in [0.2, 0.25) is 0 Å². The fourth-order valence-electron chi connectivity index (χ4n) is 7.56. The molecule has 55 heavy (non-hydrogen) atoms. The van der Waals surface area contributed by atoms with Crippen LogP contribution in [-0.2, 0) is 24.1 Å². The number of hydrogen-bond acceptors (Lipinski definition) is 8. The van der Waals surface area contributed by atoms with Gasteiger partial charge in [0.25, 0.3) is 0 Å². The predicted octanol–water partition coefficient (Wildman–Crippen LogP) is 8.15. The predicted molar refractivity (Wildman–Crippen MR) is 198 cm³/mol. The van der Waals surface area contributed by atoms with Gasteiger partial charge in [-0.3, -0.25) is 14.6 Å². The summed E-state index contributed by atoms with van der Waals surface area (Å²) in [6, 6.07) is 18.0. The number of alkyl halides is 3. The molecule has 0 saturated carbocycles. The van der Waals surface area contributed by atoms with Crippen LogP contribution in [0.15, 0.2) is 65.1 Å². The van der Waals surface area contributed by atoms with Gasteiger partial charge in [-0.05, 0) is 84.5 Å². The van der Waals surface area contributed by atoms with Crippen LogP contribution in [0.5, 0.6) is 5.75 Å². The third-order valence-corrected chi connectivity index (χ3v) is 10.4. The zero-order chi connectivity index (χ0) is 39.0. The van der Waals surface area contributed by atoms with Crippen molar-refractivity contribution < 1.29 is 41.7 Å². The highest BCUT2D eigenvalue weighted by molar-refractivity contribution is 5.84. The molecule has 0 radical (unpaired) electrons. The van der Waals surface area contributed by atoms with Crippen molar-refractivity contribution in [2.75, 3.05) is 33.3 Å². The number of methoxy groups -OCH3 is 1. The number of nitriles is 1. The van der Waals surface area contributed by atoms with Gasteiger partial charge in [0.15, 0.2) is 5.58 Å². The van der Waals surface area contributed by atoms with Crippen molar-refractivity contribution in [3.8, 4) is 34.4 Å². The molecule has 284 valence electrons. The summed E-state index contributed by atoms with van der Waals surface area (Å²) in [5.74, 6) is -1.63. The van der Waals surface area contributed by atoms with E-state index < -0.39 is 35.5 Å². The van der Waals surface area contributed by atoms with E-state index in [2.05, 4.69) is 11.1 Å². The molecule has 0 spiro atoms. The number of aliphatic carboxylic acids is 1. The molecule has 0 aliphatic carbocycles. The van der Waals surface area contributed by atoms with Gasteiger partial charge in [-0.25, -0.2) is 9.37 Å². The Hall–Kier alpha value is -5.55. The Morgan fingerprint density at radius 1 is 1.00 bits per heavy atom. The first-order chi connectivity index (χ1) is 26.3. The molecule has 5 aromatic rings. The molecule has 0 amide bonds. The first kappa shape index (κ1) is 37.8. The summed E-state index contributed by atoms with van der Waals surface area (Å²) in [6.07, 6.45) is -1.12. The monoisotopic (exact) mass is 754 g/mol. The quantitative estimate of drug-likeness (QED) is 0.107. The van der Waals surface area contributed by atoms with Crippen LogP contribution in [-0.4, -0.2) is 70.4 Å². The number of aromatic nitrogens is 1. The third-order valence-electron chi connectivity index (χ3n) is 10.4. The normalized spacial score (nSPS) is 18.1. The molecule has 2 aliphatic rings. The van der Waals surface area contributed by atoms with Crippen LogP contribution >= 0.6 is 0 Å². The number of aliphatic hydroxyl groups excluding tert-OH is 1. The lowest BCUT2D eigenvalue weighted by Crippen LogP contribution is -2.22. The Morgan fingerprint density at radius 2 is 1.71 bits per heavy atom. The maximum absolute atomic E-state index is 16.4. The molecule has 3 heterocycles. The average molecular weight is 755 g/mol. The van der Waals surface area contributed by atoms with Gasteiger partial charge < -0.3 is 19.4 Å². The minimum Gasteiger partial charge on any atom is -0.496 e. The van der Waals surface area contributed by atoms with Crippen molar-refractivity contribution in [1.29, 1.82) is 5.26 Å². The highest BCUT2D eigenvalue weighted by atomic mass is 19.4. The van der Waals surface area contributed by atoms with Gasteiger partial charge in [-0.15, -0.1) is 0 Å². The largest absolute Gasteiger partial charge is 0.496 e. The molecule has 0 bridgehead atoms. The highest BCUT2D eigenvalue weighted by Gasteiger charge is 2.35. The van der Waals surface area contributed by atoms with Gasteiger partial charge in [0.2, 0.25) is 5.89 Å². The number of ether oxygens (including phenoxy) is 1. The fraction of sp³-hybridized carbons (Fsp3) is 0.310. The number of benzene rings is 4. The Kier molecular flexibility index (Phi) is 10.5. The topological polar surface area (TPSA) is 123 Å². The summed E-state index contributed by atoms with van der Waals surface area (Å²) in [4.78, 5) is 19.9. The van der Waals surface area contributed by atoms with E-state index in [9.17, 15) is 33.4 Å². The number of fused-ring (bicyclic) bond motifs is 1. The van der Waals surface area contributed by atoms with Crippen LogP contribution < -0.4 is 4.74 Å². The Bertz CT molecular complexity index is 2350. The lowest BCUT2D eigenvalue weighted by atomic mass is 9.94. The second kappa shape index (κ2) is 15.3. The van der Waals surface area contributed by atoms with E-state index in [1.54, 1.807) is 55.5 Å². The lowest BCUT2D eigenvalue weighted by molar-refractivity contribution is -0.141. The van der Waals surface area contributed by atoms with Gasteiger partial charge in [0.05, 0.1) is 35.8 Å². The number of oxazole rings is 1. The first-order valence-corrected chi connectivity index (χ1v) is 17.9. The van der Waals surface area contributed by atoms with Crippen LogP contribution in [0.1, 0.15) is 51.8 Å². The number of hydrogen-bond donors (Lipinski definition) is 2. The molecule has 2 N–H and O–H groups in total. The van der Waals surface area contributed by atoms with E-state index >= 15 is 4.39 Å². The molecule has 4 aromatic carbocycles. The zero-order valence-corrected chi connectivity index (χ0v) is 30.2. The number of rotatable bonds is 10. The Balaban J connectivity index is 1.18. The standard InChI is InChI=1S/C42H38F4N4O5/c1-24-26(9-10-27-18-37(54-2)30(17-35(27)42(44,45)46)22-50-14-12-31(51)23-50)5-3-6-32(24)33-7-4-8-34(38(33)43)40-48-36-16-25(15-29(19-47)39(36)55-40)20-49-13-11-28(21-49)41(52)53/h3-10,15-18,28,31,51H,11-14,20-23H2,1-2H3,(H,52,53)/b10-9+/t28-,31-/m1/s1. The van der Waals surface area contributed by atoms with E-state index in [4.69, 9.17) is 9.15 Å². The summed E-state index contributed by atoms with van der Waals surface area (Å²) in [5, 5.41) is 29.2.